The van der Waals surface area contributed by atoms with E-state index >= 15 is 0 Å². The minimum Gasteiger partial charge on any atom is -0.480 e. The van der Waals surface area contributed by atoms with Crippen LogP contribution in [0, 0.1) is 0 Å². The third kappa shape index (κ3) is 9.55. The van der Waals surface area contributed by atoms with Gasteiger partial charge < -0.3 is 26.6 Å². The van der Waals surface area contributed by atoms with Crippen molar-refractivity contribution >= 4 is 88.1 Å². The average Bonchev–Trinajstić information content (AvgIpc) is 3.03. The van der Waals surface area contributed by atoms with Gasteiger partial charge in [-0.2, -0.15) is 0 Å². The number of pyridine rings is 1. The fourth-order valence-electron chi connectivity index (χ4n) is 4.68. The van der Waals surface area contributed by atoms with Crippen LogP contribution in [0.15, 0.2) is 63.8 Å². The standard InChI is InChI=1S/C29H31Cl2N5O7S3/c30-17-4-5-19(31)21(11-17)45-15-22(37)34-24-27(41)36-25(29(42)43)16(14-46-28(24)36)13-44-18-6-9-35(10-7-18)8-2-1-3-20(32)26(40)33-12-23(38)39/h4-7,9-11,20,24,28H,1-3,8,12-15,32H2,(H3-,33,34,37,38,39,40,42,43)/p+1/t20-,24-,28+/m0/s1. The SMILES string of the molecule is N[C@@H](CCCC[n+]1ccc(SCC2=C(C(=O)O)N3C(=O)[C@H](NC(=O)CSc4cc(Cl)ccc4Cl)[C@H]3SC2)cc1)C(=O)NCC(=O)O. The molecule has 1 saturated heterocycles. The van der Waals surface area contributed by atoms with E-state index in [2.05, 4.69) is 10.6 Å². The molecule has 0 spiro atoms. The van der Waals surface area contributed by atoms with Crippen LogP contribution in [0.3, 0.4) is 0 Å². The highest BCUT2D eigenvalue weighted by Crippen LogP contribution is 2.41. The molecule has 0 aliphatic carbocycles. The van der Waals surface area contributed by atoms with Crippen LogP contribution in [0.2, 0.25) is 10.0 Å². The highest BCUT2D eigenvalue weighted by Gasteiger charge is 2.54. The summed E-state index contributed by atoms with van der Waals surface area (Å²) >= 11 is 16.2. The molecule has 3 heterocycles. The van der Waals surface area contributed by atoms with Gasteiger partial charge >= 0.3 is 11.9 Å². The van der Waals surface area contributed by atoms with Gasteiger partial charge in [0.2, 0.25) is 11.8 Å². The summed E-state index contributed by atoms with van der Waals surface area (Å²) in [5, 5.41) is 24.1. The van der Waals surface area contributed by atoms with Gasteiger partial charge in [-0.15, -0.1) is 35.3 Å². The van der Waals surface area contributed by atoms with E-state index < -0.39 is 47.8 Å². The second-order valence-corrected chi connectivity index (χ2v) is 14.4. The van der Waals surface area contributed by atoms with Crippen molar-refractivity contribution in [2.75, 3.05) is 23.8 Å². The molecule has 12 nitrogen and oxygen atoms in total. The number of carboxylic acids is 2. The number of nitrogens with zero attached hydrogens (tertiary/aromatic N) is 2. The summed E-state index contributed by atoms with van der Waals surface area (Å²) in [5.74, 6) is -2.82. The molecule has 2 aliphatic rings. The van der Waals surface area contributed by atoms with Gasteiger partial charge in [-0.05, 0) is 36.6 Å². The predicted molar refractivity (Wildman–Crippen MR) is 177 cm³/mol. The molecule has 46 heavy (non-hydrogen) atoms. The average molecular weight is 730 g/mol. The fraction of sp³-hybridized carbons (Fsp3) is 0.379. The number of benzene rings is 1. The van der Waals surface area contributed by atoms with E-state index in [1.807, 2.05) is 29.1 Å². The number of aliphatic carboxylic acids is 2. The molecule has 4 rings (SSSR count). The van der Waals surface area contributed by atoms with Gasteiger partial charge in [0.1, 0.15) is 30.2 Å². The monoisotopic (exact) mass is 728 g/mol. The quantitative estimate of drug-likeness (QED) is 0.0742. The van der Waals surface area contributed by atoms with Crippen LogP contribution in [-0.2, 0) is 30.5 Å². The predicted octanol–water partition coefficient (Wildman–Crippen LogP) is 2.60. The molecule has 6 N–H and O–H groups in total. The van der Waals surface area contributed by atoms with E-state index in [1.165, 1.54) is 40.2 Å². The zero-order valence-electron chi connectivity index (χ0n) is 24.3. The fourth-order valence-corrected chi connectivity index (χ4v) is 8.36. The summed E-state index contributed by atoms with van der Waals surface area (Å²) < 4.78 is 1.98. The number of carboxylic acid groups (broad SMARTS) is 2. The minimum atomic E-state index is -1.19. The number of halogens is 2. The molecule has 2 aromatic rings. The van der Waals surface area contributed by atoms with Crippen molar-refractivity contribution in [1.29, 1.82) is 0 Å². The number of nitrogens with two attached hydrogens (primary N) is 1. The number of aryl methyl sites for hydroxylation is 1. The molecule has 0 radical (unpaired) electrons. The van der Waals surface area contributed by atoms with Crippen LogP contribution in [-0.4, -0.2) is 86.0 Å². The maximum Gasteiger partial charge on any atom is 0.352 e. The highest BCUT2D eigenvalue weighted by atomic mass is 35.5. The number of carbonyl (C=O) groups is 5. The minimum absolute atomic E-state index is 0.0187. The van der Waals surface area contributed by atoms with Crippen LogP contribution >= 0.6 is 58.5 Å². The smallest absolute Gasteiger partial charge is 0.352 e. The van der Waals surface area contributed by atoms with E-state index in [1.54, 1.807) is 18.2 Å². The van der Waals surface area contributed by atoms with Gasteiger partial charge in [0.05, 0.1) is 16.8 Å². The molecule has 1 aromatic carbocycles. The van der Waals surface area contributed by atoms with Crippen molar-refractivity contribution in [2.24, 2.45) is 5.73 Å². The van der Waals surface area contributed by atoms with Crippen molar-refractivity contribution in [3.63, 3.8) is 0 Å². The van der Waals surface area contributed by atoms with Crippen molar-refractivity contribution < 1.29 is 38.8 Å². The number of hydrogen-bond donors (Lipinski definition) is 5. The van der Waals surface area contributed by atoms with E-state index in [4.69, 9.17) is 34.0 Å². The maximum atomic E-state index is 13.0. The Labute approximate surface area is 287 Å². The Morgan fingerprint density at radius 2 is 1.85 bits per heavy atom. The van der Waals surface area contributed by atoms with Gasteiger partial charge in [0.25, 0.3) is 5.91 Å². The number of unbranched alkanes of at least 4 members (excludes halogenated alkanes) is 1. The molecule has 3 atom stereocenters. The third-order valence-electron chi connectivity index (χ3n) is 7.02. The lowest BCUT2D eigenvalue weighted by Crippen LogP contribution is -2.70. The first-order valence-corrected chi connectivity index (χ1v) is 17.9. The number of carbonyl (C=O) groups excluding carboxylic acids is 3. The molecule has 0 saturated carbocycles. The van der Waals surface area contributed by atoms with Crippen molar-refractivity contribution in [2.45, 2.75) is 53.1 Å². The van der Waals surface area contributed by atoms with E-state index in [0.717, 1.165) is 11.3 Å². The Morgan fingerprint density at radius 3 is 2.54 bits per heavy atom. The zero-order chi connectivity index (χ0) is 33.4. The highest BCUT2D eigenvalue weighted by molar-refractivity contribution is 8.01. The molecular weight excluding hydrogens is 697 g/mol. The molecule has 2 aliphatic heterocycles. The molecule has 0 unspecified atom stereocenters. The normalized spacial score (nSPS) is 18.0. The maximum absolute atomic E-state index is 13.0. The van der Waals surface area contributed by atoms with Crippen LogP contribution in [0.1, 0.15) is 19.3 Å². The summed E-state index contributed by atoms with van der Waals surface area (Å²) in [7, 11) is 0. The first-order chi connectivity index (χ1) is 21.9. The van der Waals surface area contributed by atoms with E-state index in [0.29, 0.717) is 51.4 Å². The third-order valence-corrected chi connectivity index (χ3v) is 11.2. The summed E-state index contributed by atoms with van der Waals surface area (Å²) in [4.78, 5) is 63.0. The number of nitrogens with one attached hydrogen (secondary N) is 2. The Bertz CT molecular complexity index is 1530. The molecule has 1 fully saturated rings. The first-order valence-electron chi connectivity index (χ1n) is 14.1. The van der Waals surface area contributed by atoms with Gasteiger partial charge in [-0.3, -0.25) is 24.1 Å². The lowest BCUT2D eigenvalue weighted by Gasteiger charge is -2.49. The van der Waals surface area contributed by atoms with Gasteiger partial charge in [0, 0.05) is 44.9 Å². The molecule has 3 amide bonds. The van der Waals surface area contributed by atoms with Gasteiger partial charge in [-0.1, -0.05) is 23.2 Å². The zero-order valence-corrected chi connectivity index (χ0v) is 28.3. The Morgan fingerprint density at radius 1 is 1.11 bits per heavy atom. The summed E-state index contributed by atoms with van der Waals surface area (Å²) in [5.41, 5.74) is 6.41. The molecule has 1 aromatic heterocycles. The molecule has 246 valence electrons. The number of β-lactam (4-membered cyclic amide) rings is 1. The summed E-state index contributed by atoms with van der Waals surface area (Å²) in [6.45, 7) is 0.239. The topological polar surface area (TPSA) is 183 Å². The number of fused-ring (bicyclic) bond motifs is 1. The first kappa shape index (κ1) is 35.9. The van der Waals surface area contributed by atoms with Gasteiger partial charge in [-0.25, -0.2) is 9.36 Å². The molecule has 0 bridgehead atoms. The second kappa shape index (κ2) is 16.7. The van der Waals surface area contributed by atoms with Crippen molar-refractivity contribution in [1.82, 2.24) is 15.5 Å². The summed E-state index contributed by atoms with van der Waals surface area (Å²) in [6, 6.07) is 7.21. The largest absolute Gasteiger partial charge is 0.480 e. The summed E-state index contributed by atoms with van der Waals surface area (Å²) in [6.07, 6.45) is 5.71. The van der Waals surface area contributed by atoms with E-state index in [9.17, 15) is 29.1 Å². The number of hydrogen-bond acceptors (Lipinski definition) is 9. The molecule has 17 heteroatoms. The Balaban J connectivity index is 1.24. The van der Waals surface area contributed by atoms with Crippen LogP contribution in [0.5, 0.6) is 0 Å². The number of rotatable bonds is 16. The number of aromatic nitrogens is 1. The Hall–Kier alpha value is -2.95. The van der Waals surface area contributed by atoms with Crippen molar-refractivity contribution in [3.8, 4) is 0 Å². The lowest BCUT2D eigenvalue weighted by molar-refractivity contribution is -0.697. The molecular formula is C29H32Cl2N5O7S3+. The second-order valence-electron chi connectivity index (χ2n) is 10.3. The van der Waals surface area contributed by atoms with Crippen LogP contribution < -0.4 is 20.9 Å². The number of thioether (sulfide) groups is 3. The number of amides is 3. The Kier molecular flexibility index (Phi) is 13.1. The van der Waals surface area contributed by atoms with Crippen LogP contribution in [0.25, 0.3) is 0 Å². The van der Waals surface area contributed by atoms with E-state index in [-0.39, 0.29) is 17.4 Å². The van der Waals surface area contributed by atoms with Crippen molar-refractivity contribution in [3.05, 3.63) is 64.0 Å². The van der Waals surface area contributed by atoms with Gasteiger partial charge in [0.15, 0.2) is 12.4 Å². The lowest BCUT2D eigenvalue weighted by atomic mass is 10.0. The van der Waals surface area contributed by atoms with Crippen LogP contribution in [0.4, 0.5) is 0 Å².